The van der Waals surface area contributed by atoms with Crippen molar-refractivity contribution in [3.8, 4) is 0 Å². The fourth-order valence-electron chi connectivity index (χ4n) is 10.9. The number of aromatic nitrogens is 10. The fraction of sp³-hybridized carbons (Fsp3) is 0.632. The first-order chi connectivity index (χ1) is 62.3. The zero-order valence-electron chi connectivity index (χ0n) is 92.8. The average Bonchev–Trinajstić information content (AvgIpc) is 1.86. The molecule has 0 aliphatic rings. The summed E-state index contributed by atoms with van der Waals surface area (Å²) in [5.41, 5.74) is 9.96. The van der Waals surface area contributed by atoms with Crippen molar-refractivity contribution in [3.05, 3.63) is 242 Å². The van der Waals surface area contributed by atoms with Gasteiger partial charge in [0.1, 0.15) is 29.3 Å². The molecular formula is C114H186N10O6S4. The maximum absolute atomic E-state index is 5.61. The summed E-state index contributed by atoms with van der Waals surface area (Å²) in [6.45, 7) is 103. The van der Waals surface area contributed by atoms with E-state index in [0.717, 1.165) is 64.0 Å². The van der Waals surface area contributed by atoms with Crippen molar-refractivity contribution in [1.29, 1.82) is 0 Å². The Hall–Kier alpha value is -7.78. The number of furan rings is 2. The number of oxazole rings is 2. The molecule has 16 nitrogen and oxygen atoms in total. The van der Waals surface area contributed by atoms with Crippen LogP contribution < -0.4 is 0 Å². The van der Waals surface area contributed by atoms with Crippen LogP contribution in [0.25, 0.3) is 0 Å². The molecule has 0 spiro atoms. The molecule has 0 unspecified atom stereocenters. The lowest BCUT2D eigenvalue weighted by molar-refractivity contribution is 0.359. The molecule has 12 aromatic heterocycles. The van der Waals surface area contributed by atoms with Crippen molar-refractivity contribution in [1.82, 2.24) is 50.2 Å². The molecule has 0 radical (unpaired) electrons. The largest absolute Gasteiger partial charge is 0.469 e. The fourth-order valence-corrected chi connectivity index (χ4v) is 14.9. The number of nitrogens with zero attached hydrogens (tertiary/aromatic N) is 10. The Balaban J connectivity index is 0.000000731. The van der Waals surface area contributed by atoms with Crippen LogP contribution in [0, 0.1) is 0 Å². The van der Waals surface area contributed by atoms with E-state index >= 15 is 0 Å². The standard InChI is InChI=1S/2C11H17N.2C10H16O.2C10H16S.2C9H15NO.2C9H15NS.2C8H14N2O/c1-8(2)10-5-6-11(9(3)4)12-7-10;1-8(2)10-6-5-7-11(12-10)9(3)4;1-7(2)9-5-10(8(3)4)11-6-9;1-7(2)9-5-6-10(11-9)8(3)4;1-7(2)9-5-10(8(3)4)11-6-9;1-7(2)9-5-6-10(11-9)8(3)4;1-6(2)8-5-11-9(10-8)7(3)4;1-6(2)8-5-10-9(11-8)7(3)4;1-6(2)8-5-11-9(10-8)7(3)4;1-6(2)8-5-10-9(11-8)7(3)4;1-5(2)7-9-10-8(11-7)6(3)4;1-5(2)7-9-8(6(3)4)11-10-7/h2*5-9H,1-4H3;4*5-8H,1-4H3;4*5-7H,1-4H3;2*5-6H,1-4H3. The van der Waals surface area contributed by atoms with E-state index in [0.29, 0.717) is 142 Å². The van der Waals surface area contributed by atoms with Gasteiger partial charge in [0.05, 0.1) is 33.9 Å². The second-order valence-corrected chi connectivity index (χ2v) is 46.2. The number of thiazole rings is 2. The summed E-state index contributed by atoms with van der Waals surface area (Å²) in [6, 6.07) is 23.7. The predicted molar refractivity (Wildman–Crippen MR) is 578 cm³/mol. The van der Waals surface area contributed by atoms with Crippen LogP contribution in [0.15, 0.2) is 135 Å². The average molecular weight is 1920 g/mol. The molecule has 134 heavy (non-hydrogen) atoms. The third-order valence-corrected chi connectivity index (χ3v) is 26.4. The number of rotatable bonds is 24. The van der Waals surface area contributed by atoms with E-state index < -0.39 is 0 Å². The van der Waals surface area contributed by atoms with Crippen LogP contribution in [0.2, 0.25) is 0 Å². The normalized spacial score (nSPS) is 11.4. The predicted octanol–water partition coefficient (Wildman–Crippen LogP) is 39.0. The highest BCUT2D eigenvalue weighted by atomic mass is 32.1. The van der Waals surface area contributed by atoms with E-state index in [1.54, 1.807) is 17.6 Å². The summed E-state index contributed by atoms with van der Waals surface area (Å²) in [6.07, 6.45) is 9.42. The Labute approximate surface area is 832 Å². The summed E-state index contributed by atoms with van der Waals surface area (Å²) in [4.78, 5) is 36.5. The molecule has 0 aliphatic carbocycles. The SMILES string of the molecule is CC(C)c1ccc(C(C)C)nc1.CC(C)c1ccc(C(C)C)o1.CC(C)c1ccc(C(C)C)s1.CC(C)c1cccc(C(C)C)n1.CC(C)c1cnc(C(C)C)o1.CC(C)c1cnc(C(C)C)s1.CC(C)c1coc(C(C)C)c1.CC(C)c1coc(C(C)C)n1.CC(C)c1csc(C(C)C)c1.CC(C)c1csc(C(C)C)n1.CC(C)c1nnc(C(C)C)o1.CC(C)c1noc(C(C)C)n1. The highest BCUT2D eigenvalue weighted by Gasteiger charge is 2.18. The second-order valence-electron chi connectivity index (χ2n) is 42.2. The topological polar surface area (TPSA) is 208 Å². The molecule has 12 heterocycles. The Morgan fingerprint density at radius 3 is 0.948 bits per heavy atom. The summed E-state index contributed by atoms with van der Waals surface area (Å²) >= 11 is 7.45. The molecule has 12 rings (SSSR count). The van der Waals surface area contributed by atoms with E-state index in [4.69, 9.17) is 26.6 Å². The maximum Gasteiger partial charge on any atom is 0.229 e. The van der Waals surface area contributed by atoms with Crippen molar-refractivity contribution in [3.63, 3.8) is 0 Å². The van der Waals surface area contributed by atoms with Crippen LogP contribution in [-0.2, 0) is 0 Å². The lowest BCUT2D eigenvalue weighted by atomic mass is 10.0. The molecule has 0 fully saturated rings. The molecule has 752 valence electrons. The maximum atomic E-state index is 5.61. The van der Waals surface area contributed by atoms with Crippen LogP contribution in [0.5, 0.6) is 0 Å². The van der Waals surface area contributed by atoms with Gasteiger partial charge in [-0.25, -0.2) is 19.9 Å². The van der Waals surface area contributed by atoms with Gasteiger partial charge in [0.25, 0.3) is 0 Å². The van der Waals surface area contributed by atoms with Gasteiger partial charge in [0, 0.05) is 125 Å². The van der Waals surface area contributed by atoms with Crippen LogP contribution in [0.1, 0.15) is 607 Å². The minimum absolute atomic E-state index is 0.329. The molecule has 0 saturated carbocycles. The van der Waals surface area contributed by atoms with E-state index in [2.05, 4.69) is 419 Å². The van der Waals surface area contributed by atoms with E-state index in [9.17, 15) is 0 Å². The quantitative estimate of drug-likeness (QED) is 0.0551. The van der Waals surface area contributed by atoms with Crippen LogP contribution in [0.3, 0.4) is 0 Å². The highest BCUT2D eigenvalue weighted by Crippen LogP contribution is 2.33. The third kappa shape index (κ3) is 48.0. The van der Waals surface area contributed by atoms with Gasteiger partial charge < -0.3 is 26.6 Å². The Morgan fingerprint density at radius 1 is 0.231 bits per heavy atom. The minimum atomic E-state index is 0.329. The molecule has 0 amide bonds. The molecule has 0 atom stereocenters. The van der Waals surface area contributed by atoms with Gasteiger partial charge in [-0.2, -0.15) is 4.98 Å². The van der Waals surface area contributed by atoms with Gasteiger partial charge in [-0.1, -0.05) is 350 Å². The summed E-state index contributed by atoms with van der Waals surface area (Å²) in [7, 11) is 0. The first-order valence-corrected chi connectivity index (χ1v) is 53.5. The molecule has 0 aromatic carbocycles. The Bertz CT molecular complexity index is 3830. The number of pyridine rings is 2. The van der Waals surface area contributed by atoms with Gasteiger partial charge >= 0.3 is 0 Å². The first-order valence-electron chi connectivity index (χ1n) is 50.1. The van der Waals surface area contributed by atoms with Crippen LogP contribution in [0.4, 0.5) is 0 Å². The smallest absolute Gasteiger partial charge is 0.229 e. The van der Waals surface area contributed by atoms with Crippen LogP contribution in [-0.4, -0.2) is 50.2 Å². The van der Waals surface area contributed by atoms with Gasteiger partial charge in [0.2, 0.25) is 17.7 Å². The molecule has 0 aliphatic heterocycles. The Kier molecular flexibility index (Phi) is 59.0. The first kappa shape index (κ1) is 124. The molecule has 20 heteroatoms. The number of hydrogen-bond donors (Lipinski definition) is 0. The second kappa shape index (κ2) is 63.7. The summed E-state index contributed by atoms with van der Waals surface area (Å²) < 4.78 is 32.2. The van der Waals surface area contributed by atoms with Crippen molar-refractivity contribution in [2.24, 2.45) is 0 Å². The summed E-state index contributed by atoms with van der Waals surface area (Å²) in [5.74, 6) is 21.3. The number of thiophene rings is 2. The Morgan fingerprint density at radius 2 is 0.687 bits per heavy atom. The highest BCUT2D eigenvalue weighted by molar-refractivity contribution is 7.12. The zero-order valence-corrected chi connectivity index (χ0v) is 96.1. The molecule has 0 bridgehead atoms. The van der Waals surface area contributed by atoms with Gasteiger partial charge in [-0.15, -0.1) is 55.5 Å². The van der Waals surface area contributed by atoms with Crippen molar-refractivity contribution < 1.29 is 26.6 Å². The lowest BCUT2D eigenvalue weighted by Crippen LogP contribution is -1.98. The zero-order chi connectivity index (χ0) is 103. The van der Waals surface area contributed by atoms with E-state index in [1.165, 1.54) is 69.0 Å². The monoisotopic (exact) mass is 1920 g/mol. The third-order valence-electron chi connectivity index (χ3n) is 20.7. The summed E-state index contributed by atoms with van der Waals surface area (Å²) in [5, 5.41) is 18.7. The molecular weight excluding hydrogens is 1730 g/mol. The molecule has 0 saturated heterocycles. The van der Waals surface area contributed by atoms with Gasteiger partial charge in [-0.05, 0) is 148 Å². The van der Waals surface area contributed by atoms with Crippen LogP contribution >= 0.6 is 45.3 Å². The molecule has 0 N–H and O–H groups in total. The van der Waals surface area contributed by atoms with Crippen molar-refractivity contribution in [2.45, 2.75) is 474 Å². The van der Waals surface area contributed by atoms with E-state index in [-0.39, 0.29) is 0 Å². The van der Waals surface area contributed by atoms with Gasteiger partial charge in [0.15, 0.2) is 17.6 Å². The van der Waals surface area contributed by atoms with Crippen molar-refractivity contribution in [2.75, 3.05) is 0 Å². The number of hydrogen-bond acceptors (Lipinski definition) is 20. The van der Waals surface area contributed by atoms with Crippen molar-refractivity contribution >= 4 is 45.3 Å². The molecule has 12 aromatic rings. The minimum Gasteiger partial charge on any atom is -0.469 e. The lowest BCUT2D eigenvalue weighted by Gasteiger charge is -2.08. The van der Waals surface area contributed by atoms with E-state index in [1.807, 2.05) is 100 Å². The van der Waals surface area contributed by atoms with Gasteiger partial charge in [-0.3, -0.25) is 9.97 Å².